The number of amides is 1. The third-order valence-electron chi connectivity index (χ3n) is 3.14. The normalized spacial score (nSPS) is 18.9. The van der Waals surface area contributed by atoms with Crippen LogP contribution >= 0.6 is 0 Å². The first kappa shape index (κ1) is 14.7. The average molecular weight is 280 g/mol. The Balaban J connectivity index is 2.27. The number of rotatable bonds is 4. The van der Waals surface area contributed by atoms with E-state index in [1.807, 2.05) is 13.0 Å². The van der Waals surface area contributed by atoms with Crippen molar-refractivity contribution in [1.82, 2.24) is 14.9 Å². The number of aromatic nitrogens is 2. The van der Waals surface area contributed by atoms with E-state index in [9.17, 15) is 4.79 Å². The van der Waals surface area contributed by atoms with Crippen molar-refractivity contribution in [2.75, 3.05) is 45.8 Å². The molecule has 2 rings (SSSR count). The van der Waals surface area contributed by atoms with Crippen LogP contribution in [0.15, 0.2) is 6.07 Å². The van der Waals surface area contributed by atoms with Gasteiger partial charge in [-0.25, -0.2) is 9.97 Å². The first-order chi connectivity index (χ1) is 9.65. The first-order valence-electron chi connectivity index (χ1n) is 6.55. The van der Waals surface area contributed by atoms with Crippen LogP contribution in [0.2, 0.25) is 0 Å². The van der Waals surface area contributed by atoms with E-state index in [4.69, 9.17) is 9.47 Å². The number of aryl methyl sites for hydroxylation is 1. The average Bonchev–Trinajstić information content (AvgIpc) is 2.46. The summed E-state index contributed by atoms with van der Waals surface area (Å²) in [6.07, 6.45) is 0. The molecule has 7 nitrogen and oxygen atoms in total. The molecule has 1 aromatic heterocycles. The van der Waals surface area contributed by atoms with Crippen molar-refractivity contribution in [3.8, 4) is 0 Å². The molecule has 1 aliphatic heterocycles. The van der Waals surface area contributed by atoms with Crippen molar-refractivity contribution in [3.05, 3.63) is 17.6 Å². The van der Waals surface area contributed by atoms with Gasteiger partial charge in [-0.2, -0.15) is 0 Å². The second kappa shape index (κ2) is 6.62. The number of methoxy groups -OCH3 is 1. The number of hydrogen-bond acceptors (Lipinski definition) is 6. The number of nitrogens with one attached hydrogen (secondary N) is 1. The molecule has 0 radical (unpaired) electrons. The van der Waals surface area contributed by atoms with Gasteiger partial charge in [0.15, 0.2) is 5.82 Å². The number of ether oxygens (including phenoxy) is 2. The monoisotopic (exact) mass is 280 g/mol. The maximum absolute atomic E-state index is 12.1. The highest BCUT2D eigenvalue weighted by Crippen LogP contribution is 2.23. The van der Waals surface area contributed by atoms with Crippen molar-refractivity contribution >= 4 is 11.7 Å². The molecule has 1 fully saturated rings. The van der Waals surface area contributed by atoms with Crippen molar-refractivity contribution in [3.63, 3.8) is 0 Å². The topological polar surface area (TPSA) is 76.6 Å². The van der Waals surface area contributed by atoms with E-state index < -0.39 is 0 Å². The summed E-state index contributed by atoms with van der Waals surface area (Å²) in [5, 5.41) is 3.00. The molecule has 1 saturated heterocycles. The molecule has 0 unspecified atom stereocenters. The van der Waals surface area contributed by atoms with Gasteiger partial charge in [-0.1, -0.05) is 0 Å². The summed E-state index contributed by atoms with van der Waals surface area (Å²) in [4.78, 5) is 22.7. The van der Waals surface area contributed by atoms with E-state index in [2.05, 4.69) is 15.3 Å². The lowest BCUT2D eigenvalue weighted by molar-refractivity contribution is -0.144. The maximum atomic E-state index is 12.1. The molecule has 1 N–H and O–H groups in total. The molecule has 0 aromatic carbocycles. The molecule has 0 bridgehead atoms. The van der Waals surface area contributed by atoms with Crippen LogP contribution in [0.3, 0.4) is 0 Å². The van der Waals surface area contributed by atoms with Gasteiger partial charge in [-0.3, -0.25) is 4.79 Å². The van der Waals surface area contributed by atoms with Crippen LogP contribution in [-0.2, 0) is 14.3 Å². The van der Waals surface area contributed by atoms with Crippen LogP contribution in [0.4, 0.5) is 5.82 Å². The number of nitrogens with zero attached hydrogens (tertiary/aromatic N) is 3. The molecule has 1 amide bonds. The van der Waals surface area contributed by atoms with Gasteiger partial charge in [0.2, 0.25) is 5.91 Å². The maximum Gasteiger partial charge on any atom is 0.249 e. The van der Waals surface area contributed by atoms with E-state index in [0.717, 1.165) is 11.5 Å². The fourth-order valence-electron chi connectivity index (χ4n) is 2.19. The van der Waals surface area contributed by atoms with Gasteiger partial charge in [-0.05, 0) is 6.92 Å². The Bertz CT molecular complexity index is 481. The third kappa shape index (κ3) is 3.23. The molecule has 0 aliphatic carbocycles. The molecule has 1 atom stereocenters. The summed E-state index contributed by atoms with van der Waals surface area (Å²) in [6, 6.07) is 1.59. The van der Waals surface area contributed by atoms with E-state index in [-0.39, 0.29) is 18.6 Å². The molecule has 0 spiro atoms. The Morgan fingerprint density at radius 1 is 1.60 bits per heavy atom. The minimum Gasteiger partial charge on any atom is -0.377 e. The highest BCUT2D eigenvalue weighted by molar-refractivity contribution is 5.78. The lowest BCUT2D eigenvalue weighted by Gasteiger charge is -2.34. The van der Waals surface area contributed by atoms with Gasteiger partial charge in [0.05, 0.1) is 13.2 Å². The van der Waals surface area contributed by atoms with Crippen molar-refractivity contribution in [1.29, 1.82) is 0 Å². The first-order valence-corrected chi connectivity index (χ1v) is 6.55. The van der Waals surface area contributed by atoms with Gasteiger partial charge < -0.3 is 19.7 Å². The van der Waals surface area contributed by atoms with E-state index in [0.29, 0.717) is 25.6 Å². The Hall–Kier alpha value is -1.73. The summed E-state index contributed by atoms with van der Waals surface area (Å²) in [7, 11) is 3.31. The Morgan fingerprint density at radius 2 is 2.40 bits per heavy atom. The summed E-state index contributed by atoms with van der Waals surface area (Å²) in [5.74, 6) is 1.26. The Labute approximate surface area is 118 Å². The van der Waals surface area contributed by atoms with Crippen LogP contribution in [0.1, 0.15) is 17.6 Å². The predicted molar refractivity (Wildman–Crippen MR) is 73.5 cm³/mol. The molecule has 2 heterocycles. The zero-order chi connectivity index (χ0) is 14.5. The molecule has 0 saturated carbocycles. The van der Waals surface area contributed by atoms with Crippen LogP contribution in [-0.4, -0.2) is 61.3 Å². The zero-order valence-electron chi connectivity index (χ0n) is 12.0. The van der Waals surface area contributed by atoms with Crippen LogP contribution in [0, 0.1) is 6.92 Å². The zero-order valence-corrected chi connectivity index (χ0v) is 12.0. The molecule has 7 heteroatoms. The molecule has 110 valence electrons. The Morgan fingerprint density at radius 3 is 3.10 bits per heavy atom. The van der Waals surface area contributed by atoms with Crippen molar-refractivity contribution in [2.24, 2.45) is 0 Å². The van der Waals surface area contributed by atoms with E-state index in [1.165, 1.54) is 7.11 Å². The van der Waals surface area contributed by atoms with Gasteiger partial charge in [0, 0.05) is 32.5 Å². The number of carbonyl (C=O) groups is 1. The molecular weight excluding hydrogens is 260 g/mol. The highest BCUT2D eigenvalue weighted by atomic mass is 16.5. The van der Waals surface area contributed by atoms with Crippen LogP contribution < -0.4 is 5.32 Å². The highest BCUT2D eigenvalue weighted by Gasteiger charge is 2.30. The second-order valence-electron chi connectivity index (χ2n) is 4.61. The smallest absolute Gasteiger partial charge is 0.249 e. The standard InChI is InChI=1S/C13H20N4O3/c1-9-6-11(14-2)16-13(15-9)10-7-20-5-4-17(10)12(18)8-19-3/h6,10H,4-5,7-8H2,1-3H3,(H,14,15,16)/t10-/m0/s1. The Kier molecular flexibility index (Phi) is 4.86. The third-order valence-corrected chi connectivity index (χ3v) is 3.14. The molecule has 1 aromatic rings. The quantitative estimate of drug-likeness (QED) is 0.859. The van der Waals surface area contributed by atoms with Crippen molar-refractivity contribution in [2.45, 2.75) is 13.0 Å². The minimum atomic E-state index is -0.265. The summed E-state index contributed by atoms with van der Waals surface area (Å²) < 4.78 is 10.4. The number of anilines is 1. The molecular formula is C13H20N4O3. The largest absolute Gasteiger partial charge is 0.377 e. The lowest BCUT2D eigenvalue weighted by atomic mass is 10.2. The van der Waals surface area contributed by atoms with E-state index >= 15 is 0 Å². The van der Waals surface area contributed by atoms with Gasteiger partial charge in [0.25, 0.3) is 0 Å². The van der Waals surface area contributed by atoms with Gasteiger partial charge in [-0.15, -0.1) is 0 Å². The fraction of sp³-hybridized carbons (Fsp3) is 0.615. The second-order valence-corrected chi connectivity index (χ2v) is 4.61. The van der Waals surface area contributed by atoms with Gasteiger partial charge in [0.1, 0.15) is 18.5 Å². The van der Waals surface area contributed by atoms with Gasteiger partial charge >= 0.3 is 0 Å². The SMILES string of the molecule is CNc1cc(C)nc([C@@H]2COCCN2C(=O)COC)n1. The van der Waals surface area contributed by atoms with E-state index in [1.54, 1.807) is 11.9 Å². The van der Waals surface area contributed by atoms with Crippen molar-refractivity contribution < 1.29 is 14.3 Å². The number of hydrogen-bond donors (Lipinski definition) is 1. The molecule has 1 aliphatic rings. The molecule has 20 heavy (non-hydrogen) atoms. The minimum absolute atomic E-state index is 0.0567. The van der Waals surface area contributed by atoms with Crippen LogP contribution in [0.25, 0.3) is 0 Å². The number of carbonyl (C=O) groups excluding carboxylic acids is 1. The predicted octanol–water partition coefficient (Wildman–Crippen LogP) is 0.373. The summed E-state index contributed by atoms with van der Waals surface area (Å²) in [5.41, 5.74) is 0.851. The van der Waals surface area contributed by atoms with Crippen LogP contribution in [0.5, 0.6) is 0 Å². The lowest BCUT2D eigenvalue weighted by Crippen LogP contribution is -2.45. The summed E-state index contributed by atoms with van der Waals surface area (Å²) >= 11 is 0. The summed E-state index contributed by atoms with van der Waals surface area (Å²) in [6.45, 7) is 3.41. The number of morpholine rings is 1. The fourth-order valence-corrected chi connectivity index (χ4v) is 2.19.